The van der Waals surface area contributed by atoms with Gasteiger partial charge in [0.05, 0.1) is 9.92 Å². The number of nitrogens with one attached hydrogen (secondary N) is 2. The van der Waals surface area contributed by atoms with Crippen molar-refractivity contribution < 1.29 is 17.9 Å². The lowest BCUT2D eigenvalue weighted by Gasteiger charge is -2.15. The molecule has 8 heteroatoms. The fraction of sp³-hybridized carbons (Fsp3) is 0.174. The standard InChI is InChI=1S/C23H23ClN2O4S/c1-16-8-10-19(11-9-16)25-23(27)15-30-22-13-12-20(14-21(22)24)31(28,29)26-17(2)18-6-4-3-5-7-18/h3-14,17,26H,15H2,1-2H3,(H,25,27). The lowest BCUT2D eigenvalue weighted by molar-refractivity contribution is -0.118. The number of benzene rings is 3. The van der Waals surface area contributed by atoms with E-state index in [0.717, 1.165) is 11.1 Å². The quantitative estimate of drug-likeness (QED) is 0.512. The Balaban J connectivity index is 1.62. The van der Waals surface area contributed by atoms with E-state index in [1.54, 1.807) is 19.1 Å². The molecule has 31 heavy (non-hydrogen) atoms. The molecule has 3 aromatic rings. The van der Waals surface area contributed by atoms with Gasteiger partial charge in [-0.05, 0) is 49.7 Å². The molecule has 0 bridgehead atoms. The minimum Gasteiger partial charge on any atom is -0.482 e. The van der Waals surface area contributed by atoms with Crippen molar-refractivity contribution in [2.45, 2.75) is 24.8 Å². The topological polar surface area (TPSA) is 84.5 Å². The molecule has 1 unspecified atom stereocenters. The number of amides is 1. The Bertz CT molecular complexity index is 1150. The Morgan fingerprint density at radius 2 is 1.71 bits per heavy atom. The first kappa shape index (κ1) is 22.8. The highest BCUT2D eigenvalue weighted by Crippen LogP contribution is 2.28. The number of sulfonamides is 1. The molecular formula is C23H23ClN2O4S. The zero-order chi connectivity index (χ0) is 22.4. The van der Waals surface area contributed by atoms with Gasteiger partial charge in [0, 0.05) is 11.7 Å². The Morgan fingerprint density at radius 3 is 2.35 bits per heavy atom. The maximum absolute atomic E-state index is 12.7. The van der Waals surface area contributed by atoms with Crippen LogP contribution in [-0.2, 0) is 14.8 Å². The Labute approximate surface area is 187 Å². The summed E-state index contributed by atoms with van der Waals surface area (Å²) in [7, 11) is -3.79. The van der Waals surface area contributed by atoms with Gasteiger partial charge in [-0.3, -0.25) is 4.79 Å². The van der Waals surface area contributed by atoms with Gasteiger partial charge >= 0.3 is 0 Å². The highest BCUT2D eigenvalue weighted by molar-refractivity contribution is 7.89. The van der Waals surface area contributed by atoms with Crippen molar-refractivity contribution >= 4 is 33.2 Å². The minimum atomic E-state index is -3.79. The van der Waals surface area contributed by atoms with Gasteiger partial charge in [0.2, 0.25) is 10.0 Å². The van der Waals surface area contributed by atoms with Gasteiger partial charge in [0.25, 0.3) is 5.91 Å². The number of anilines is 1. The monoisotopic (exact) mass is 458 g/mol. The fourth-order valence-electron chi connectivity index (χ4n) is 2.85. The molecule has 3 rings (SSSR count). The number of carbonyl (C=O) groups is 1. The third kappa shape index (κ3) is 6.30. The van der Waals surface area contributed by atoms with Crippen molar-refractivity contribution in [2.24, 2.45) is 0 Å². The second kappa shape index (κ2) is 9.96. The Hall–Kier alpha value is -2.87. The molecule has 3 aromatic carbocycles. The number of carbonyl (C=O) groups excluding carboxylic acids is 1. The SMILES string of the molecule is Cc1ccc(NC(=O)COc2ccc(S(=O)(=O)NC(C)c3ccccc3)cc2Cl)cc1. The third-order valence-corrected chi connectivity index (χ3v) is 6.37. The van der Waals surface area contributed by atoms with Gasteiger partial charge in [-0.25, -0.2) is 13.1 Å². The molecule has 0 aromatic heterocycles. The molecule has 6 nitrogen and oxygen atoms in total. The predicted molar refractivity (Wildman–Crippen MR) is 122 cm³/mol. The van der Waals surface area contributed by atoms with E-state index in [9.17, 15) is 13.2 Å². The molecular weight excluding hydrogens is 436 g/mol. The molecule has 162 valence electrons. The predicted octanol–water partition coefficient (Wildman–Crippen LogP) is 4.71. The molecule has 2 N–H and O–H groups in total. The van der Waals surface area contributed by atoms with Crippen LogP contribution in [-0.4, -0.2) is 20.9 Å². The summed E-state index contributed by atoms with van der Waals surface area (Å²) in [5.74, 6) is -0.134. The third-order valence-electron chi connectivity index (χ3n) is 4.54. The van der Waals surface area contributed by atoms with Crippen LogP contribution < -0.4 is 14.8 Å². The maximum atomic E-state index is 12.7. The second-order valence-electron chi connectivity index (χ2n) is 7.05. The molecule has 0 fully saturated rings. The highest BCUT2D eigenvalue weighted by atomic mass is 35.5. The largest absolute Gasteiger partial charge is 0.482 e. The summed E-state index contributed by atoms with van der Waals surface area (Å²) >= 11 is 6.20. The average Bonchev–Trinajstić information content (AvgIpc) is 2.75. The van der Waals surface area contributed by atoms with Crippen LogP contribution in [0.1, 0.15) is 24.1 Å². The summed E-state index contributed by atoms with van der Waals surface area (Å²) in [6.45, 7) is 3.46. The first-order chi connectivity index (χ1) is 14.7. The normalized spacial score (nSPS) is 12.2. The number of halogens is 1. The smallest absolute Gasteiger partial charge is 0.262 e. The summed E-state index contributed by atoms with van der Waals surface area (Å²) in [4.78, 5) is 12.1. The Kier molecular flexibility index (Phi) is 7.33. The van der Waals surface area contributed by atoms with Crippen molar-refractivity contribution in [1.82, 2.24) is 4.72 Å². The zero-order valence-corrected chi connectivity index (χ0v) is 18.7. The first-order valence-electron chi connectivity index (χ1n) is 9.61. The second-order valence-corrected chi connectivity index (χ2v) is 9.17. The molecule has 0 saturated heterocycles. The van der Waals surface area contributed by atoms with Crippen LogP contribution in [0.25, 0.3) is 0 Å². The minimum absolute atomic E-state index is 0.0109. The van der Waals surface area contributed by atoms with Crippen LogP contribution >= 0.6 is 11.6 Å². The molecule has 0 spiro atoms. The highest BCUT2D eigenvalue weighted by Gasteiger charge is 2.20. The van der Waals surface area contributed by atoms with Gasteiger partial charge in [0.1, 0.15) is 5.75 Å². The van der Waals surface area contributed by atoms with E-state index in [1.165, 1.54) is 18.2 Å². The fourth-order valence-corrected chi connectivity index (χ4v) is 4.41. The van der Waals surface area contributed by atoms with Gasteiger partial charge in [-0.2, -0.15) is 0 Å². The molecule has 1 amide bonds. The number of hydrogen-bond donors (Lipinski definition) is 2. The summed E-state index contributed by atoms with van der Waals surface area (Å²) in [5.41, 5.74) is 2.59. The Morgan fingerprint density at radius 1 is 1.03 bits per heavy atom. The van der Waals surface area contributed by atoms with Crippen LogP contribution in [0, 0.1) is 6.92 Å². The van der Waals surface area contributed by atoms with E-state index in [-0.39, 0.29) is 28.2 Å². The van der Waals surface area contributed by atoms with Gasteiger partial charge in [-0.1, -0.05) is 59.6 Å². The number of aryl methyl sites for hydroxylation is 1. The maximum Gasteiger partial charge on any atom is 0.262 e. The van der Waals surface area contributed by atoms with Crippen molar-refractivity contribution in [3.8, 4) is 5.75 Å². The van der Waals surface area contributed by atoms with Gasteiger partial charge in [0.15, 0.2) is 6.61 Å². The molecule has 0 aliphatic rings. The van der Waals surface area contributed by atoms with Gasteiger partial charge < -0.3 is 10.1 Å². The summed E-state index contributed by atoms with van der Waals surface area (Å²) < 4.78 is 33.5. The van der Waals surface area contributed by atoms with E-state index in [4.69, 9.17) is 16.3 Å². The zero-order valence-electron chi connectivity index (χ0n) is 17.1. The van der Waals surface area contributed by atoms with Crippen molar-refractivity contribution in [3.05, 3.63) is 88.9 Å². The van der Waals surface area contributed by atoms with Gasteiger partial charge in [-0.15, -0.1) is 0 Å². The lowest BCUT2D eigenvalue weighted by Crippen LogP contribution is -2.27. The average molecular weight is 459 g/mol. The summed E-state index contributed by atoms with van der Waals surface area (Å²) in [6.07, 6.45) is 0. The molecule has 0 aliphatic carbocycles. The molecule has 0 heterocycles. The van der Waals surface area contributed by atoms with Crippen LogP contribution in [0.3, 0.4) is 0 Å². The molecule has 0 aliphatic heterocycles. The van der Waals surface area contributed by atoms with Crippen LogP contribution in [0.15, 0.2) is 77.7 Å². The van der Waals surface area contributed by atoms with Crippen LogP contribution in [0.4, 0.5) is 5.69 Å². The molecule has 1 atom stereocenters. The number of hydrogen-bond acceptors (Lipinski definition) is 4. The number of rotatable bonds is 8. The lowest BCUT2D eigenvalue weighted by atomic mass is 10.1. The van der Waals surface area contributed by atoms with Crippen LogP contribution in [0.2, 0.25) is 5.02 Å². The molecule has 0 saturated carbocycles. The van der Waals surface area contributed by atoms with E-state index < -0.39 is 16.1 Å². The van der Waals surface area contributed by atoms with E-state index in [0.29, 0.717) is 5.69 Å². The van der Waals surface area contributed by atoms with E-state index in [1.807, 2.05) is 49.4 Å². The first-order valence-corrected chi connectivity index (χ1v) is 11.5. The number of ether oxygens (including phenoxy) is 1. The van der Waals surface area contributed by atoms with Crippen molar-refractivity contribution in [3.63, 3.8) is 0 Å². The molecule has 0 radical (unpaired) electrons. The van der Waals surface area contributed by atoms with Crippen molar-refractivity contribution in [1.29, 1.82) is 0 Å². The van der Waals surface area contributed by atoms with Crippen LogP contribution in [0.5, 0.6) is 5.75 Å². The summed E-state index contributed by atoms with van der Waals surface area (Å²) in [6, 6.07) is 20.3. The summed E-state index contributed by atoms with van der Waals surface area (Å²) in [5, 5.41) is 2.81. The van der Waals surface area contributed by atoms with E-state index >= 15 is 0 Å². The van der Waals surface area contributed by atoms with Crippen molar-refractivity contribution in [2.75, 3.05) is 11.9 Å². The van der Waals surface area contributed by atoms with E-state index in [2.05, 4.69) is 10.0 Å².